The molecule has 0 aliphatic carbocycles. The number of Topliss-reactive ketones (excluding diaryl/α,β-unsaturated/α-hetero) is 1. The first-order valence-electron chi connectivity index (χ1n) is 11.1. The van der Waals surface area contributed by atoms with E-state index in [1.54, 1.807) is 42.5 Å². The number of para-hydroxylation sites is 1. The molecule has 0 bridgehead atoms. The number of carbonyl (C=O) groups excluding carboxylic acids is 2. The maximum absolute atomic E-state index is 14.1. The van der Waals surface area contributed by atoms with Crippen molar-refractivity contribution in [2.24, 2.45) is 0 Å². The van der Waals surface area contributed by atoms with Crippen LogP contribution in [-0.4, -0.2) is 18.7 Å². The van der Waals surface area contributed by atoms with E-state index in [0.29, 0.717) is 28.2 Å². The number of anilines is 1. The molecule has 5 nitrogen and oxygen atoms in total. The lowest BCUT2D eigenvalue weighted by molar-refractivity contribution is -0.135. The van der Waals surface area contributed by atoms with Gasteiger partial charge in [-0.05, 0) is 18.2 Å². The summed E-state index contributed by atoms with van der Waals surface area (Å²) in [6, 6.07) is 29.7. The van der Waals surface area contributed by atoms with Crippen LogP contribution < -0.4 is 4.90 Å². The maximum Gasteiger partial charge on any atom is 0.276 e. The molecule has 4 aromatic rings. The van der Waals surface area contributed by atoms with E-state index in [-0.39, 0.29) is 11.7 Å². The highest BCUT2D eigenvalue weighted by Gasteiger charge is 2.64. The number of fused-ring (bicyclic) bond motifs is 2. The topological polar surface area (TPSA) is 59.8 Å². The fourth-order valence-electron chi connectivity index (χ4n) is 5.12. The molecule has 2 unspecified atom stereocenters. The molecule has 3 heterocycles. The second-order valence-corrected chi connectivity index (χ2v) is 8.47. The van der Waals surface area contributed by atoms with Crippen LogP contribution in [0.1, 0.15) is 33.2 Å². The number of carbonyl (C=O) groups is 2. The summed E-state index contributed by atoms with van der Waals surface area (Å²) in [4.78, 5) is 29.7. The van der Waals surface area contributed by atoms with E-state index in [2.05, 4.69) is 0 Å². The van der Waals surface area contributed by atoms with E-state index in [4.69, 9.17) is 9.15 Å². The van der Waals surface area contributed by atoms with Gasteiger partial charge < -0.3 is 14.1 Å². The fourth-order valence-corrected chi connectivity index (χ4v) is 5.12. The third-order valence-corrected chi connectivity index (χ3v) is 6.64. The molecule has 0 fully saturated rings. The zero-order chi connectivity index (χ0) is 23.3. The molecule has 3 aromatic carbocycles. The van der Waals surface area contributed by atoms with E-state index in [0.717, 1.165) is 11.3 Å². The van der Waals surface area contributed by atoms with Gasteiger partial charge in [0.15, 0.2) is 5.78 Å². The first-order valence-corrected chi connectivity index (χ1v) is 11.1. The molecule has 0 saturated heterocycles. The van der Waals surface area contributed by atoms with Crippen molar-refractivity contribution < 1.29 is 18.7 Å². The van der Waals surface area contributed by atoms with Crippen LogP contribution in [0.5, 0.6) is 0 Å². The van der Waals surface area contributed by atoms with E-state index in [1.165, 1.54) is 0 Å². The van der Waals surface area contributed by atoms with Gasteiger partial charge in [0.25, 0.3) is 5.91 Å². The number of hydrogen-bond donors (Lipinski definition) is 0. The molecule has 1 aromatic heterocycles. The Hall–Kier alpha value is -4.38. The van der Waals surface area contributed by atoms with E-state index < -0.39 is 11.5 Å². The predicted molar refractivity (Wildman–Crippen MR) is 128 cm³/mol. The molecule has 0 radical (unpaired) electrons. The van der Waals surface area contributed by atoms with Crippen molar-refractivity contribution >= 4 is 23.1 Å². The molecule has 34 heavy (non-hydrogen) atoms. The summed E-state index contributed by atoms with van der Waals surface area (Å²) in [5.41, 5.74) is 1.68. The minimum atomic E-state index is -1.45. The van der Waals surface area contributed by atoms with Crippen molar-refractivity contribution in [1.29, 1.82) is 0 Å². The van der Waals surface area contributed by atoms with Gasteiger partial charge in [0.1, 0.15) is 17.4 Å². The molecular weight excluding hydrogens is 426 g/mol. The van der Waals surface area contributed by atoms with Crippen molar-refractivity contribution in [2.75, 3.05) is 11.9 Å². The highest BCUT2D eigenvalue weighted by molar-refractivity contribution is 6.18. The van der Waals surface area contributed by atoms with Gasteiger partial charge in [0.05, 0.1) is 17.5 Å². The predicted octanol–water partition coefficient (Wildman–Crippen LogP) is 5.56. The fraction of sp³-hybridized carbons (Fsp3) is 0.103. The minimum absolute atomic E-state index is 0.197. The van der Waals surface area contributed by atoms with Crippen LogP contribution in [0, 0.1) is 0 Å². The normalized spacial score (nSPS) is 21.1. The van der Waals surface area contributed by atoms with Gasteiger partial charge >= 0.3 is 0 Å². The average Bonchev–Trinajstić information content (AvgIpc) is 3.59. The lowest BCUT2D eigenvalue weighted by atomic mass is 9.75. The molecule has 1 spiro atoms. The number of benzene rings is 3. The minimum Gasteiger partial charge on any atom is -0.470 e. The first kappa shape index (κ1) is 20.2. The van der Waals surface area contributed by atoms with Gasteiger partial charge in [-0.25, -0.2) is 0 Å². The SMILES string of the molecule is CN1C(=O)C2(OC(c3ccccc3)=C(C(=O)c3ccccc3)C2c2ccco2)c2ccccc21. The third-order valence-electron chi connectivity index (χ3n) is 6.64. The summed E-state index contributed by atoms with van der Waals surface area (Å²) >= 11 is 0. The van der Waals surface area contributed by atoms with Crippen LogP contribution in [-0.2, 0) is 15.1 Å². The Morgan fingerprint density at radius 2 is 1.53 bits per heavy atom. The summed E-state index contributed by atoms with van der Waals surface area (Å²) in [5, 5.41) is 0. The summed E-state index contributed by atoms with van der Waals surface area (Å²) < 4.78 is 12.6. The van der Waals surface area contributed by atoms with E-state index >= 15 is 0 Å². The van der Waals surface area contributed by atoms with Crippen LogP contribution in [0.4, 0.5) is 5.69 Å². The Kier molecular flexibility index (Phi) is 4.52. The van der Waals surface area contributed by atoms with Crippen LogP contribution in [0.3, 0.4) is 0 Å². The lowest BCUT2D eigenvalue weighted by Crippen LogP contribution is -2.43. The number of furan rings is 1. The number of amides is 1. The number of rotatable bonds is 4. The largest absolute Gasteiger partial charge is 0.470 e. The Labute approximate surface area is 196 Å². The number of ketones is 1. The Morgan fingerprint density at radius 3 is 2.24 bits per heavy atom. The summed E-state index contributed by atoms with van der Waals surface area (Å²) in [6.07, 6.45) is 1.56. The second kappa shape index (κ2) is 7.59. The summed E-state index contributed by atoms with van der Waals surface area (Å²) in [7, 11) is 1.73. The highest BCUT2D eigenvalue weighted by atomic mass is 16.5. The Bertz CT molecular complexity index is 1420. The zero-order valence-corrected chi connectivity index (χ0v) is 18.5. The molecule has 0 N–H and O–H groups in total. The van der Waals surface area contributed by atoms with Gasteiger partial charge in [-0.1, -0.05) is 78.9 Å². The van der Waals surface area contributed by atoms with Crippen LogP contribution in [0.25, 0.3) is 5.76 Å². The standard InChI is InChI=1S/C29H21NO4/c1-30-22-16-9-8-15-21(22)29(28(30)32)25(23-17-10-18-33-23)24(26(31)19-11-4-2-5-12-19)27(34-29)20-13-6-3-7-14-20/h2-18,25H,1H3. The molecule has 0 saturated carbocycles. The zero-order valence-electron chi connectivity index (χ0n) is 18.5. The first-order chi connectivity index (χ1) is 16.6. The number of hydrogen-bond acceptors (Lipinski definition) is 4. The third kappa shape index (κ3) is 2.73. The van der Waals surface area contributed by atoms with Gasteiger partial charge in [-0.15, -0.1) is 0 Å². The van der Waals surface area contributed by atoms with Gasteiger partial charge in [-0.2, -0.15) is 0 Å². The number of likely N-dealkylation sites (N-methyl/N-ethyl adjacent to an activating group) is 1. The molecule has 2 aliphatic heterocycles. The Morgan fingerprint density at radius 1 is 0.853 bits per heavy atom. The van der Waals surface area contributed by atoms with Gasteiger partial charge in [-0.3, -0.25) is 9.59 Å². The highest BCUT2D eigenvalue weighted by Crippen LogP contribution is 2.60. The molecule has 2 aliphatic rings. The molecule has 1 amide bonds. The quantitative estimate of drug-likeness (QED) is 0.384. The summed E-state index contributed by atoms with van der Waals surface area (Å²) in [6.45, 7) is 0. The number of ether oxygens (including phenoxy) is 1. The van der Waals surface area contributed by atoms with Crippen molar-refractivity contribution in [1.82, 2.24) is 0 Å². The van der Waals surface area contributed by atoms with Crippen molar-refractivity contribution in [2.45, 2.75) is 11.5 Å². The van der Waals surface area contributed by atoms with E-state index in [1.807, 2.05) is 72.8 Å². The van der Waals surface area contributed by atoms with Gasteiger partial charge in [0, 0.05) is 23.7 Å². The molecule has 2 atom stereocenters. The molecule has 6 rings (SSSR count). The van der Waals surface area contributed by atoms with Crippen LogP contribution >= 0.6 is 0 Å². The van der Waals surface area contributed by atoms with E-state index in [9.17, 15) is 9.59 Å². The summed E-state index contributed by atoms with van der Waals surface area (Å²) in [5.74, 6) is -0.293. The van der Waals surface area contributed by atoms with Crippen LogP contribution in [0.2, 0.25) is 0 Å². The molecular formula is C29H21NO4. The maximum atomic E-state index is 14.1. The van der Waals surface area contributed by atoms with Crippen molar-refractivity contribution in [3.05, 3.63) is 131 Å². The molecule has 5 heteroatoms. The Balaban J connectivity index is 1.67. The monoisotopic (exact) mass is 447 g/mol. The van der Waals surface area contributed by atoms with Crippen LogP contribution in [0.15, 0.2) is 113 Å². The lowest BCUT2D eigenvalue weighted by Gasteiger charge is -2.29. The number of nitrogens with zero attached hydrogens (tertiary/aromatic N) is 1. The molecule has 166 valence electrons. The smallest absolute Gasteiger partial charge is 0.276 e. The second-order valence-electron chi connectivity index (χ2n) is 8.47. The van der Waals surface area contributed by atoms with Crippen molar-refractivity contribution in [3.63, 3.8) is 0 Å². The van der Waals surface area contributed by atoms with Crippen molar-refractivity contribution in [3.8, 4) is 0 Å². The average molecular weight is 447 g/mol. The van der Waals surface area contributed by atoms with Gasteiger partial charge in [0.2, 0.25) is 5.60 Å².